The normalized spacial score (nSPS) is 24.8. The summed E-state index contributed by atoms with van der Waals surface area (Å²) in [5, 5.41) is 3.54. The van der Waals surface area contributed by atoms with Gasteiger partial charge in [-0.3, -0.25) is 4.79 Å². The van der Waals surface area contributed by atoms with Crippen LogP contribution in [0.3, 0.4) is 0 Å². The van der Waals surface area contributed by atoms with Crippen molar-refractivity contribution in [2.24, 2.45) is 0 Å². The summed E-state index contributed by atoms with van der Waals surface area (Å²) in [5.41, 5.74) is 3.62. The van der Waals surface area contributed by atoms with Gasteiger partial charge in [-0.25, -0.2) is 9.97 Å². The number of aryl methyl sites for hydroxylation is 1. The molecule has 1 aromatic carbocycles. The molecule has 5 heteroatoms. The molecule has 2 unspecified atom stereocenters. The third-order valence-electron chi connectivity index (χ3n) is 4.73. The van der Waals surface area contributed by atoms with Crippen LogP contribution in [-0.4, -0.2) is 39.4 Å². The van der Waals surface area contributed by atoms with Crippen LogP contribution in [0.1, 0.15) is 30.7 Å². The number of hydrogen-bond acceptors (Lipinski definition) is 4. The molecule has 2 fully saturated rings. The number of likely N-dealkylation sites (tertiary alicyclic amines) is 1. The summed E-state index contributed by atoms with van der Waals surface area (Å²) in [4.78, 5) is 23.7. The molecular formula is C17H20N4O. The highest BCUT2D eigenvalue weighted by Crippen LogP contribution is 2.23. The molecule has 1 N–H and O–H groups in total. The highest BCUT2D eigenvalue weighted by atomic mass is 16.2. The van der Waals surface area contributed by atoms with E-state index in [1.165, 1.54) is 0 Å². The number of amides is 1. The fourth-order valence-electron chi connectivity index (χ4n) is 3.52. The van der Waals surface area contributed by atoms with Gasteiger partial charge in [0.25, 0.3) is 0 Å². The number of rotatable bonds is 2. The molecule has 2 saturated heterocycles. The number of carbonyl (C=O) groups is 1. The predicted molar refractivity (Wildman–Crippen MR) is 84.3 cm³/mol. The van der Waals surface area contributed by atoms with Crippen molar-refractivity contribution in [3.8, 4) is 0 Å². The first-order valence-electron chi connectivity index (χ1n) is 7.95. The fourth-order valence-corrected chi connectivity index (χ4v) is 3.52. The second-order valence-corrected chi connectivity index (χ2v) is 6.36. The Morgan fingerprint density at radius 2 is 1.91 bits per heavy atom. The lowest BCUT2D eigenvalue weighted by Crippen LogP contribution is -2.37. The van der Waals surface area contributed by atoms with Gasteiger partial charge in [0.1, 0.15) is 0 Å². The Morgan fingerprint density at radius 3 is 2.73 bits per heavy atom. The van der Waals surface area contributed by atoms with Crippen molar-refractivity contribution in [1.82, 2.24) is 20.2 Å². The highest BCUT2D eigenvalue weighted by molar-refractivity contribution is 5.78. The zero-order chi connectivity index (χ0) is 15.1. The number of hydrogen-bond donors (Lipinski definition) is 1. The van der Waals surface area contributed by atoms with Gasteiger partial charge < -0.3 is 10.2 Å². The largest absolute Gasteiger partial charge is 0.335 e. The van der Waals surface area contributed by atoms with Crippen LogP contribution in [0.2, 0.25) is 0 Å². The number of nitrogens with one attached hydrogen (secondary N) is 1. The summed E-state index contributed by atoms with van der Waals surface area (Å²) in [6.07, 6.45) is 2.90. The summed E-state index contributed by atoms with van der Waals surface area (Å²) in [6, 6.07) is 8.68. The molecule has 0 spiro atoms. The van der Waals surface area contributed by atoms with Crippen molar-refractivity contribution in [3.05, 3.63) is 35.7 Å². The molecule has 0 saturated carbocycles. The third-order valence-corrected chi connectivity index (χ3v) is 4.73. The van der Waals surface area contributed by atoms with Crippen LogP contribution in [-0.2, 0) is 11.3 Å². The maximum atomic E-state index is 12.4. The molecule has 4 rings (SSSR count). The molecule has 0 aliphatic carbocycles. The maximum absolute atomic E-state index is 12.4. The zero-order valence-electron chi connectivity index (χ0n) is 12.7. The lowest BCUT2D eigenvalue weighted by molar-refractivity contribution is -0.132. The molecule has 1 amide bonds. The summed E-state index contributed by atoms with van der Waals surface area (Å²) in [7, 11) is 0. The molecule has 114 valence electrons. The van der Waals surface area contributed by atoms with Crippen LogP contribution in [0.4, 0.5) is 0 Å². The maximum Gasteiger partial charge on any atom is 0.224 e. The van der Waals surface area contributed by atoms with E-state index < -0.39 is 0 Å². The van der Waals surface area contributed by atoms with Gasteiger partial charge in [-0.15, -0.1) is 0 Å². The van der Waals surface area contributed by atoms with E-state index in [0.717, 1.165) is 41.8 Å². The van der Waals surface area contributed by atoms with Crippen LogP contribution >= 0.6 is 0 Å². The van der Waals surface area contributed by atoms with Gasteiger partial charge in [-0.2, -0.15) is 0 Å². The number of carbonyl (C=O) groups excluding carboxylic acids is 1. The van der Waals surface area contributed by atoms with E-state index in [0.29, 0.717) is 25.0 Å². The van der Waals surface area contributed by atoms with E-state index in [2.05, 4.69) is 10.3 Å². The summed E-state index contributed by atoms with van der Waals surface area (Å²) in [6.45, 7) is 3.32. The summed E-state index contributed by atoms with van der Waals surface area (Å²) < 4.78 is 0. The van der Waals surface area contributed by atoms with Gasteiger partial charge in [-0.05, 0) is 31.9 Å². The molecule has 1 aromatic heterocycles. The van der Waals surface area contributed by atoms with Gasteiger partial charge in [0.2, 0.25) is 5.91 Å². The molecule has 2 bridgehead atoms. The van der Waals surface area contributed by atoms with Crippen LogP contribution in [0, 0.1) is 6.92 Å². The van der Waals surface area contributed by atoms with Gasteiger partial charge in [0, 0.05) is 25.0 Å². The fraction of sp³-hybridized carbons (Fsp3) is 0.471. The Labute approximate surface area is 129 Å². The smallest absolute Gasteiger partial charge is 0.224 e. The first-order valence-corrected chi connectivity index (χ1v) is 7.95. The summed E-state index contributed by atoms with van der Waals surface area (Å²) >= 11 is 0. The third kappa shape index (κ3) is 2.46. The Hall–Kier alpha value is -2.01. The molecule has 3 heterocycles. The molecule has 2 aliphatic heterocycles. The molecule has 0 radical (unpaired) electrons. The van der Waals surface area contributed by atoms with Crippen molar-refractivity contribution >= 4 is 16.9 Å². The Balaban J connectivity index is 1.62. The average Bonchev–Trinajstić information content (AvgIpc) is 2.87. The molecule has 2 aliphatic rings. The van der Waals surface area contributed by atoms with E-state index >= 15 is 0 Å². The predicted octanol–water partition coefficient (Wildman–Crippen LogP) is 1.79. The molecule has 5 nitrogen and oxygen atoms in total. The number of fused-ring (bicyclic) bond motifs is 3. The lowest BCUT2D eigenvalue weighted by atomic mass is 10.1. The van der Waals surface area contributed by atoms with Crippen LogP contribution < -0.4 is 5.32 Å². The van der Waals surface area contributed by atoms with Crippen molar-refractivity contribution < 1.29 is 4.79 Å². The number of nitrogens with zero attached hydrogens (tertiary/aromatic N) is 3. The number of para-hydroxylation sites is 2. The molecule has 22 heavy (non-hydrogen) atoms. The van der Waals surface area contributed by atoms with Crippen LogP contribution in [0.15, 0.2) is 24.3 Å². The number of aromatic nitrogens is 2. The van der Waals surface area contributed by atoms with Crippen molar-refractivity contribution in [2.75, 3.05) is 6.54 Å². The molecule has 2 aromatic rings. The monoisotopic (exact) mass is 296 g/mol. The minimum Gasteiger partial charge on any atom is -0.335 e. The van der Waals surface area contributed by atoms with Crippen LogP contribution in [0.25, 0.3) is 11.0 Å². The highest BCUT2D eigenvalue weighted by Gasteiger charge is 2.33. The SMILES string of the molecule is Cc1nc2ccccc2nc1CN1CC2CCC(CC1=O)N2. The quantitative estimate of drug-likeness (QED) is 0.918. The zero-order valence-corrected chi connectivity index (χ0v) is 12.7. The van der Waals surface area contributed by atoms with Gasteiger partial charge in [0.15, 0.2) is 0 Å². The number of benzene rings is 1. The molecular weight excluding hydrogens is 276 g/mol. The van der Waals surface area contributed by atoms with E-state index in [1.807, 2.05) is 36.1 Å². The van der Waals surface area contributed by atoms with Crippen molar-refractivity contribution in [2.45, 2.75) is 44.8 Å². The van der Waals surface area contributed by atoms with Gasteiger partial charge in [-0.1, -0.05) is 12.1 Å². The minimum atomic E-state index is 0.231. The second kappa shape index (κ2) is 5.32. The summed E-state index contributed by atoms with van der Waals surface area (Å²) in [5.74, 6) is 0.231. The average molecular weight is 296 g/mol. The standard InChI is InChI=1S/C17H20N4O/c1-11-16(20-15-5-3-2-4-14(15)18-11)10-21-9-13-7-6-12(19-13)8-17(21)22/h2-5,12-13,19H,6-10H2,1H3. The van der Waals surface area contributed by atoms with Crippen molar-refractivity contribution in [3.63, 3.8) is 0 Å². The molecule has 2 atom stereocenters. The Kier molecular flexibility index (Phi) is 3.30. The topological polar surface area (TPSA) is 58.1 Å². The van der Waals surface area contributed by atoms with Gasteiger partial charge in [0.05, 0.1) is 29.0 Å². The Morgan fingerprint density at radius 1 is 1.18 bits per heavy atom. The van der Waals surface area contributed by atoms with Gasteiger partial charge >= 0.3 is 0 Å². The lowest BCUT2D eigenvalue weighted by Gasteiger charge is -2.24. The van der Waals surface area contributed by atoms with E-state index in [9.17, 15) is 4.79 Å². The first kappa shape index (κ1) is 13.6. The first-order chi connectivity index (χ1) is 10.7. The second-order valence-electron chi connectivity index (χ2n) is 6.36. The van der Waals surface area contributed by atoms with E-state index in [-0.39, 0.29) is 5.91 Å². The van der Waals surface area contributed by atoms with Crippen molar-refractivity contribution in [1.29, 1.82) is 0 Å². The Bertz CT molecular complexity index is 730. The van der Waals surface area contributed by atoms with E-state index in [1.54, 1.807) is 0 Å². The van der Waals surface area contributed by atoms with E-state index in [4.69, 9.17) is 4.98 Å². The minimum absolute atomic E-state index is 0.231. The van der Waals surface area contributed by atoms with Crippen LogP contribution in [0.5, 0.6) is 0 Å².